The summed E-state index contributed by atoms with van der Waals surface area (Å²) in [7, 11) is 1.14. The molecular weight excluding hydrogens is 382 g/mol. The Kier molecular flexibility index (Phi) is 5.43. The summed E-state index contributed by atoms with van der Waals surface area (Å²) in [6.45, 7) is 1.80. The number of pyridine rings is 1. The predicted octanol–water partition coefficient (Wildman–Crippen LogP) is 3.53. The van der Waals surface area contributed by atoms with E-state index < -0.39 is 11.5 Å². The first-order chi connectivity index (χ1) is 13.5. The van der Waals surface area contributed by atoms with Gasteiger partial charge in [0.05, 0.1) is 12.1 Å². The quantitative estimate of drug-likeness (QED) is 0.381. The Labute approximate surface area is 165 Å². The molecule has 28 heavy (non-hydrogen) atoms. The molecule has 2 aromatic heterocycles. The van der Waals surface area contributed by atoms with Gasteiger partial charge in [-0.1, -0.05) is 29.8 Å². The fourth-order valence-corrected chi connectivity index (χ4v) is 2.69. The van der Waals surface area contributed by atoms with E-state index in [0.717, 1.165) is 18.7 Å². The van der Waals surface area contributed by atoms with Crippen LogP contribution in [0.3, 0.4) is 0 Å². The first-order valence-electron chi connectivity index (χ1n) is 8.10. The SMILES string of the molecule is COC(=O)C(C#N)=Cc1c(Oc2ccccc2Cl)nc2c(C)cccn2c1=O. The molecule has 0 aliphatic heterocycles. The van der Waals surface area contributed by atoms with Gasteiger partial charge in [0.15, 0.2) is 0 Å². The van der Waals surface area contributed by atoms with Crippen molar-refractivity contribution in [1.82, 2.24) is 9.38 Å². The molecule has 0 unspecified atom stereocenters. The van der Waals surface area contributed by atoms with Crippen molar-refractivity contribution in [1.29, 1.82) is 5.26 Å². The second-order valence-corrected chi connectivity index (χ2v) is 6.12. The van der Waals surface area contributed by atoms with Crippen molar-refractivity contribution in [3.63, 3.8) is 0 Å². The van der Waals surface area contributed by atoms with Crippen LogP contribution in [0.5, 0.6) is 11.6 Å². The molecule has 1 aromatic carbocycles. The van der Waals surface area contributed by atoms with Gasteiger partial charge in [-0.2, -0.15) is 10.2 Å². The fraction of sp³-hybridized carbons (Fsp3) is 0.100. The molecule has 0 aliphatic rings. The van der Waals surface area contributed by atoms with Crippen LogP contribution in [0.25, 0.3) is 11.7 Å². The first kappa shape index (κ1) is 19.1. The Morgan fingerprint density at radius 3 is 2.71 bits per heavy atom. The molecule has 0 radical (unpaired) electrons. The van der Waals surface area contributed by atoms with Crippen LogP contribution in [0.4, 0.5) is 0 Å². The van der Waals surface area contributed by atoms with Gasteiger partial charge in [-0.25, -0.2) is 4.79 Å². The third kappa shape index (κ3) is 3.59. The summed E-state index contributed by atoms with van der Waals surface area (Å²) < 4.78 is 11.7. The van der Waals surface area contributed by atoms with E-state index in [9.17, 15) is 14.9 Å². The maximum atomic E-state index is 13.0. The highest BCUT2D eigenvalue weighted by Crippen LogP contribution is 2.30. The third-order valence-electron chi connectivity index (χ3n) is 3.91. The van der Waals surface area contributed by atoms with E-state index in [1.54, 1.807) is 55.6 Å². The van der Waals surface area contributed by atoms with E-state index in [1.165, 1.54) is 4.40 Å². The van der Waals surface area contributed by atoms with Crippen LogP contribution in [0.1, 0.15) is 11.1 Å². The number of carbonyl (C=O) groups is 1. The van der Waals surface area contributed by atoms with Gasteiger partial charge in [-0.15, -0.1) is 0 Å². The number of nitriles is 1. The molecule has 3 rings (SSSR count). The Bertz CT molecular complexity index is 1210. The summed E-state index contributed by atoms with van der Waals surface area (Å²) >= 11 is 6.14. The number of para-hydroxylation sites is 1. The van der Waals surface area contributed by atoms with E-state index in [0.29, 0.717) is 10.7 Å². The number of esters is 1. The van der Waals surface area contributed by atoms with Gasteiger partial charge in [0, 0.05) is 6.20 Å². The molecule has 3 aromatic rings. The number of carbonyl (C=O) groups excluding carboxylic acids is 1. The van der Waals surface area contributed by atoms with Gasteiger partial charge in [0.1, 0.15) is 28.6 Å². The molecule has 0 saturated heterocycles. The number of fused-ring (bicyclic) bond motifs is 1. The number of aromatic nitrogens is 2. The zero-order valence-electron chi connectivity index (χ0n) is 15.0. The van der Waals surface area contributed by atoms with Crippen LogP contribution in [0, 0.1) is 18.3 Å². The molecular formula is C20H14ClN3O4. The van der Waals surface area contributed by atoms with Crippen molar-refractivity contribution in [2.45, 2.75) is 6.92 Å². The number of benzene rings is 1. The average Bonchev–Trinajstić information content (AvgIpc) is 2.70. The van der Waals surface area contributed by atoms with Gasteiger partial charge < -0.3 is 9.47 Å². The number of nitrogens with zero attached hydrogens (tertiary/aromatic N) is 3. The van der Waals surface area contributed by atoms with Gasteiger partial charge in [-0.3, -0.25) is 9.20 Å². The standard InChI is InChI=1S/C20H14ClN3O4/c1-12-6-5-9-24-17(12)23-18(28-16-8-4-3-7-15(16)21)14(19(24)25)10-13(11-22)20(26)27-2/h3-10H,1-2H3. The summed E-state index contributed by atoms with van der Waals surface area (Å²) in [5.74, 6) is -0.677. The molecule has 0 N–H and O–H groups in total. The van der Waals surface area contributed by atoms with E-state index in [2.05, 4.69) is 9.72 Å². The lowest BCUT2D eigenvalue weighted by Crippen LogP contribution is -2.20. The second-order valence-electron chi connectivity index (χ2n) is 5.71. The van der Waals surface area contributed by atoms with Crippen LogP contribution >= 0.6 is 11.6 Å². The molecule has 0 spiro atoms. The number of halogens is 1. The lowest BCUT2D eigenvalue weighted by atomic mass is 10.2. The highest BCUT2D eigenvalue weighted by Gasteiger charge is 2.18. The zero-order valence-corrected chi connectivity index (χ0v) is 15.7. The Hall–Kier alpha value is -3.63. The topological polar surface area (TPSA) is 93.7 Å². The molecule has 2 heterocycles. The molecule has 0 amide bonds. The molecule has 140 valence electrons. The molecule has 0 fully saturated rings. The van der Waals surface area contributed by atoms with Crippen molar-refractivity contribution >= 4 is 29.3 Å². The van der Waals surface area contributed by atoms with Crippen LogP contribution in [-0.4, -0.2) is 22.5 Å². The maximum Gasteiger partial charge on any atom is 0.348 e. The number of rotatable bonds is 4. The summed E-state index contributed by atoms with van der Waals surface area (Å²) in [4.78, 5) is 29.3. The number of hydrogen-bond acceptors (Lipinski definition) is 6. The minimum absolute atomic E-state index is 0.0787. The van der Waals surface area contributed by atoms with Crippen molar-refractivity contribution < 1.29 is 14.3 Å². The number of hydrogen-bond donors (Lipinski definition) is 0. The summed E-state index contributed by atoms with van der Waals surface area (Å²) in [5.41, 5.74) is 0.172. The van der Waals surface area contributed by atoms with E-state index in [1.807, 2.05) is 0 Å². The van der Waals surface area contributed by atoms with Crippen LogP contribution in [0.15, 0.2) is 53.0 Å². The largest absolute Gasteiger partial charge is 0.465 e. The Morgan fingerprint density at radius 2 is 2.04 bits per heavy atom. The highest BCUT2D eigenvalue weighted by atomic mass is 35.5. The minimum atomic E-state index is -0.875. The molecule has 0 atom stereocenters. The lowest BCUT2D eigenvalue weighted by molar-refractivity contribution is -0.135. The maximum absolute atomic E-state index is 13.0. The molecule has 0 saturated carbocycles. The van der Waals surface area contributed by atoms with Crippen LogP contribution in [0.2, 0.25) is 5.02 Å². The van der Waals surface area contributed by atoms with Crippen molar-refractivity contribution in [3.8, 4) is 17.7 Å². The van der Waals surface area contributed by atoms with Crippen LogP contribution in [-0.2, 0) is 9.53 Å². The Morgan fingerprint density at radius 1 is 1.29 bits per heavy atom. The van der Waals surface area contributed by atoms with Crippen molar-refractivity contribution in [2.75, 3.05) is 7.11 Å². The molecule has 0 aliphatic carbocycles. The molecule has 7 nitrogen and oxygen atoms in total. The van der Waals surface area contributed by atoms with Gasteiger partial charge in [0.25, 0.3) is 5.56 Å². The smallest absolute Gasteiger partial charge is 0.348 e. The van der Waals surface area contributed by atoms with Gasteiger partial charge in [-0.05, 0) is 36.8 Å². The summed E-state index contributed by atoms with van der Waals surface area (Å²) in [5, 5.41) is 9.57. The highest BCUT2D eigenvalue weighted by molar-refractivity contribution is 6.32. The summed E-state index contributed by atoms with van der Waals surface area (Å²) in [6.07, 6.45) is 2.64. The fourth-order valence-electron chi connectivity index (χ4n) is 2.52. The molecule has 0 bridgehead atoms. The number of methoxy groups -OCH3 is 1. The average molecular weight is 396 g/mol. The number of aryl methyl sites for hydroxylation is 1. The number of ether oxygens (including phenoxy) is 2. The first-order valence-corrected chi connectivity index (χ1v) is 8.48. The predicted molar refractivity (Wildman–Crippen MR) is 103 cm³/mol. The lowest BCUT2D eigenvalue weighted by Gasteiger charge is -2.12. The third-order valence-corrected chi connectivity index (χ3v) is 4.22. The van der Waals surface area contributed by atoms with Gasteiger partial charge >= 0.3 is 5.97 Å². The van der Waals surface area contributed by atoms with E-state index in [4.69, 9.17) is 16.3 Å². The van der Waals surface area contributed by atoms with Crippen LogP contribution < -0.4 is 10.3 Å². The second kappa shape index (κ2) is 7.94. The van der Waals surface area contributed by atoms with Crippen molar-refractivity contribution in [3.05, 3.63) is 74.7 Å². The monoisotopic (exact) mass is 395 g/mol. The van der Waals surface area contributed by atoms with Crippen molar-refractivity contribution in [2.24, 2.45) is 0 Å². The van der Waals surface area contributed by atoms with E-state index in [-0.39, 0.29) is 22.8 Å². The summed E-state index contributed by atoms with van der Waals surface area (Å²) in [6, 6.07) is 11.9. The van der Waals surface area contributed by atoms with Gasteiger partial charge in [0.2, 0.25) is 5.88 Å². The molecule has 8 heteroatoms. The van der Waals surface area contributed by atoms with E-state index >= 15 is 0 Å². The Balaban J connectivity index is 2.31. The zero-order chi connectivity index (χ0) is 20.3. The normalized spacial score (nSPS) is 11.1. The minimum Gasteiger partial charge on any atom is -0.465 e.